The molecule has 0 bridgehead atoms. The second kappa shape index (κ2) is 11.5. The summed E-state index contributed by atoms with van der Waals surface area (Å²) in [7, 11) is 2.92. The summed E-state index contributed by atoms with van der Waals surface area (Å²) in [5, 5.41) is 2.30. The van der Waals surface area contributed by atoms with E-state index in [1.807, 2.05) is 66.7 Å². The summed E-state index contributed by atoms with van der Waals surface area (Å²) in [4.78, 5) is 31.7. The molecule has 1 aliphatic rings. The second-order valence-corrected chi connectivity index (χ2v) is 10.8. The molecule has 0 saturated heterocycles. The molecule has 0 unspecified atom stereocenters. The summed E-state index contributed by atoms with van der Waals surface area (Å²) < 4.78 is 19.0. The molecule has 5 aromatic rings. The van der Waals surface area contributed by atoms with Crippen molar-refractivity contribution >= 4 is 34.2 Å². The average Bonchev–Trinajstić information content (AvgIpc) is 3.33. The molecule has 42 heavy (non-hydrogen) atoms. The first-order valence-corrected chi connectivity index (χ1v) is 14.2. The Morgan fingerprint density at radius 1 is 0.952 bits per heavy atom. The van der Waals surface area contributed by atoms with Gasteiger partial charge in [0, 0.05) is 0 Å². The van der Waals surface area contributed by atoms with Crippen molar-refractivity contribution in [2.45, 2.75) is 19.6 Å². The maximum absolute atomic E-state index is 13.8. The van der Waals surface area contributed by atoms with Crippen LogP contribution in [0.15, 0.2) is 112 Å². The van der Waals surface area contributed by atoms with Gasteiger partial charge in [0.2, 0.25) is 0 Å². The Balaban J connectivity index is 1.36. The number of ether oxygens (including phenoxy) is 3. The number of rotatable bonds is 7. The highest BCUT2D eigenvalue weighted by molar-refractivity contribution is 7.07. The van der Waals surface area contributed by atoms with E-state index in [1.165, 1.54) is 18.4 Å². The van der Waals surface area contributed by atoms with Crippen molar-refractivity contribution in [3.8, 4) is 11.5 Å². The van der Waals surface area contributed by atoms with Crippen LogP contribution in [0, 0.1) is 0 Å². The molecule has 1 atom stereocenters. The summed E-state index contributed by atoms with van der Waals surface area (Å²) in [6, 6.07) is 28.7. The highest BCUT2D eigenvalue weighted by Gasteiger charge is 2.32. The molecule has 1 aromatic heterocycles. The molecule has 4 aromatic carbocycles. The Bertz CT molecular complexity index is 2020. The quantitative estimate of drug-likeness (QED) is 0.251. The zero-order chi connectivity index (χ0) is 29.2. The molecule has 0 spiro atoms. The lowest BCUT2D eigenvalue weighted by molar-refractivity contribution is -0.136. The molecule has 0 fully saturated rings. The van der Waals surface area contributed by atoms with Crippen LogP contribution in [0.3, 0.4) is 0 Å². The SMILES string of the molecule is COC(=O)C1=C(C)N=c2s/c(=C\c3ccc(OCc4cccc5ccccc45)c(OC)c3)c(=O)n2[C@H]1c1ccccc1. The zero-order valence-electron chi connectivity index (χ0n) is 23.4. The van der Waals surface area contributed by atoms with Gasteiger partial charge in [0.05, 0.1) is 36.1 Å². The van der Waals surface area contributed by atoms with Gasteiger partial charge in [-0.25, -0.2) is 9.79 Å². The smallest absolute Gasteiger partial charge is 0.338 e. The summed E-state index contributed by atoms with van der Waals surface area (Å²) in [5.74, 6) is 0.650. The third-order valence-corrected chi connectivity index (χ3v) is 8.27. The number of thiazole rings is 1. The van der Waals surface area contributed by atoms with Gasteiger partial charge in [-0.05, 0) is 52.6 Å². The van der Waals surface area contributed by atoms with E-state index >= 15 is 0 Å². The standard InChI is InChI=1S/C34H28N2O5S/c1-21-30(33(38)40-3)31(24-11-5-4-6-12-24)36-32(37)29(42-34(36)35-21)19-22-16-17-27(28(18-22)39-2)41-20-25-14-9-13-23-10-7-8-15-26(23)25/h4-19,31H,20H2,1-3H3/b29-19-/t31-/m0/s1. The van der Waals surface area contributed by atoms with Crippen molar-refractivity contribution in [3.63, 3.8) is 0 Å². The van der Waals surface area contributed by atoms with Gasteiger partial charge < -0.3 is 14.2 Å². The van der Waals surface area contributed by atoms with E-state index in [-0.39, 0.29) is 5.56 Å². The zero-order valence-corrected chi connectivity index (χ0v) is 24.2. The average molecular weight is 577 g/mol. The molecule has 0 aliphatic carbocycles. The largest absolute Gasteiger partial charge is 0.493 e. The third-order valence-electron chi connectivity index (χ3n) is 7.29. The number of allylic oxidation sites excluding steroid dienone is 1. The van der Waals surface area contributed by atoms with E-state index in [2.05, 4.69) is 29.3 Å². The van der Waals surface area contributed by atoms with E-state index in [0.717, 1.165) is 27.5 Å². The Kier molecular flexibility index (Phi) is 7.46. The normalized spacial score (nSPS) is 14.8. The van der Waals surface area contributed by atoms with Gasteiger partial charge in [-0.1, -0.05) is 90.2 Å². The number of carbonyl (C=O) groups is 1. The number of hydrogen-bond donors (Lipinski definition) is 0. The Morgan fingerprint density at radius 3 is 2.50 bits per heavy atom. The molecule has 7 nitrogen and oxygen atoms in total. The van der Waals surface area contributed by atoms with E-state index in [1.54, 1.807) is 24.7 Å². The van der Waals surface area contributed by atoms with Crippen molar-refractivity contribution in [1.29, 1.82) is 0 Å². The van der Waals surface area contributed by atoms with Crippen LogP contribution >= 0.6 is 11.3 Å². The fraction of sp³-hybridized carbons (Fsp3) is 0.147. The number of hydrogen-bond acceptors (Lipinski definition) is 7. The molecule has 210 valence electrons. The second-order valence-electron chi connectivity index (χ2n) is 9.82. The molecule has 2 heterocycles. The number of methoxy groups -OCH3 is 2. The first-order valence-electron chi connectivity index (χ1n) is 13.4. The number of benzene rings is 4. The van der Waals surface area contributed by atoms with E-state index < -0.39 is 12.0 Å². The van der Waals surface area contributed by atoms with Crippen molar-refractivity contribution in [2.75, 3.05) is 14.2 Å². The van der Waals surface area contributed by atoms with E-state index in [9.17, 15) is 9.59 Å². The van der Waals surface area contributed by atoms with Crippen LogP contribution < -0.4 is 24.4 Å². The molecule has 0 saturated carbocycles. The summed E-state index contributed by atoms with van der Waals surface area (Å²) in [5.41, 5.74) is 3.28. The maximum Gasteiger partial charge on any atom is 0.338 e. The van der Waals surface area contributed by atoms with Crippen molar-refractivity contribution in [2.24, 2.45) is 4.99 Å². The Hall–Kier alpha value is -4.95. The van der Waals surface area contributed by atoms with Crippen molar-refractivity contribution in [3.05, 3.63) is 139 Å². The molecular weight excluding hydrogens is 548 g/mol. The molecule has 6 rings (SSSR count). The molecule has 0 radical (unpaired) electrons. The third kappa shape index (κ3) is 5.01. The van der Waals surface area contributed by atoms with Crippen LogP contribution in [-0.4, -0.2) is 24.8 Å². The lowest BCUT2D eigenvalue weighted by Crippen LogP contribution is -2.39. The molecule has 8 heteroatoms. The molecule has 0 N–H and O–H groups in total. The first kappa shape index (κ1) is 27.2. The van der Waals surface area contributed by atoms with E-state index in [0.29, 0.717) is 38.7 Å². The van der Waals surface area contributed by atoms with Gasteiger partial charge >= 0.3 is 5.97 Å². The predicted molar refractivity (Wildman–Crippen MR) is 163 cm³/mol. The van der Waals surface area contributed by atoms with Crippen LogP contribution in [-0.2, 0) is 16.1 Å². The Labute approximate surface area is 246 Å². The van der Waals surface area contributed by atoms with Gasteiger partial charge in [-0.15, -0.1) is 0 Å². The molecular formula is C34H28N2O5S. The predicted octanol–water partition coefficient (Wildman–Crippen LogP) is 5.15. The fourth-order valence-corrected chi connectivity index (χ4v) is 6.31. The van der Waals surface area contributed by atoms with Gasteiger partial charge in [-0.2, -0.15) is 0 Å². The van der Waals surface area contributed by atoms with Gasteiger partial charge in [-0.3, -0.25) is 9.36 Å². The Morgan fingerprint density at radius 2 is 1.71 bits per heavy atom. The topological polar surface area (TPSA) is 79.1 Å². The first-order chi connectivity index (χ1) is 20.5. The van der Waals surface area contributed by atoms with Gasteiger partial charge in [0.25, 0.3) is 5.56 Å². The number of fused-ring (bicyclic) bond motifs is 2. The number of aromatic nitrogens is 1. The lowest BCUT2D eigenvalue weighted by Gasteiger charge is -2.24. The van der Waals surface area contributed by atoms with Crippen molar-refractivity contribution in [1.82, 2.24) is 4.57 Å². The van der Waals surface area contributed by atoms with Crippen LogP contribution in [0.2, 0.25) is 0 Å². The summed E-state index contributed by atoms with van der Waals surface area (Å²) in [6.07, 6.45) is 1.81. The van der Waals surface area contributed by atoms with Gasteiger partial charge in [0.1, 0.15) is 6.61 Å². The maximum atomic E-state index is 13.8. The highest BCUT2D eigenvalue weighted by Crippen LogP contribution is 2.31. The van der Waals surface area contributed by atoms with Crippen molar-refractivity contribution < 1.29 is 19.0 Å². The van der Waals surface area contributed by atoms with Gasteiger partial charge in [0.15, 0.2) is 16.3 Å². The number of nitrogens with zero attached hydrogens (tertiary/aromatic N) is 2. The number of esters is 1. The van der Waals surface area contributed by atoms with E-state index in [4.69, 9.17) is 14.2 Å². The highest BCUT2D eigenvalue weighted by atomic mass is 32.1. The van der Waals surface area contributed by atoms with Crippen LogP contribution in [0.25, 0.3) is 16.8 Å². The minimum Gasteiger partial charge on any atom is -0.493 e. The summed E-state index contributed by atoms with van der Waals surface area (Å²) in [6.45, 7) is 2.15. The number of carbonyl (C=O) groups excluding carboxylic acids is 1. The lowest BCUT2D eigenvalue weighted by atomic mass is 9.96. The van der Waals surface area contributed by atoms with Crippen LogP contribution in [0.1, 0.15) is 29.7 Å². The fourth-order valence-electron chi connectivity index (χ4n) is 5.26. The molecule has 1 aliphatic heterocycles. The summed E-state index contributed by atoms with van der Waals surface area (Å²) >= 11 is 1.28. The molecule has 0 amide bonds. The monoisotopic (exact) mass is 576 g/mol. The minimum absolute atomic E-state index is 0.239. The minimum atomic E-state index is -0.642. The van der Waals surface area contributed by atoms with Crippen LogP contribution in [0.5, 0.6) is 11.5 Å². The van der Waals surface area contributed by atoms with Crippen LogP contribution in [0.4, 0.5) is 0 Å².